The number of furan rings is 1. The summed E-state index contributed by atoms with van der Waals surface area (Å²) in [6.45, 7) is 1.78. The van der Waals surface area contributed by atoms with Crippen LogP contribution in [0.15, 0.2) is 52.1 Å². The number of benzene rings is 1. The lowest BCUT2D eigenvalue weighted by Gasteiger charge is -2.12. The first-order chi connectivity index (χ1) is 14.0. The molecule has 0 unspecified atom stereocenters. The third-order valence-corrected chi connectivity index (χ3v) is 5.26. The lowest BCUT2D eigenvalue weighted by Crippen LogP contribution is -2.17. The molecule has 2 amide bonds. The summed E-state index contributed by atoms with van der Waals surface area (Å²) in [6.07, 6.45) is 5.34. The number of thioether (sulfide) groups is 1. The lowest BCUT2D eigenvalue weighted by molar-refractivity contribution is -0.117. The van der Waals surface area contributed by atoms with Gasteiger partial charge in [-0.15, -0.1) is 11.8 Å². The highest BCUT2D eigenvalue weighted by atomic mass is 32.2. The summed E-state index contributed by atoms with van der Waals surface area (Å²) < 4.78 is 5.36. The number of nitrogens with one attached hydrogen (secondary N) is 2. The molecule has 0 saturated heterocycles. The smallest absolute Gasteiger partial charge is 0.260 e. The number of hydrogen-bond donors (Lipinski definition) is 2. The van der Waals surface area contributed by atoms with Gasteiger partial charge in [-0.3, -0.25) is 9.59 Å². The molecule has 7 nitrogen and oxygen atoms in total. The summed E-state index contributed by atoms with van der Waals surface area (Å²) in [5.74, 6) is 0.915. The van der Waals surface area contributed by atoms with E-state index in [1.165, 1.54) is 11.8 Å². The van der Waals surface area contributed by atoms with Crippen LogP contribution in [0.25, 0.3) is 11.6 Å². The Morgan fingerprint density at radius 2 is 1.76 bits per heavy atom. The molecule has 2 aromatic heterocycles. The molecule has 148 valence electrons. The third-order valence-electron chi connectivity index (χ3n) is 4.58. The van der Waals surface area contributed by atoms with Gasteiger partial charge in [0.05, 0.1) is 17.5 Å². The van der Waals surface area contributed by atoms with Crippen LogP contribution in [0.4, 0.5) is 11.4 Å². The van der Waals surface area contributed by atoms with Gasteiger partial charge in [-0.2, -0.15) is 0 Å². The summed E-state index contributed by atoms with van der Waals surface area (Å²) in [4.78, 5) is 33.6. The van der Waals surface area contributed by atoms with Gasteiger partial charge in [-0.25, -0.2) is 9.97 Å². The average molecular weight is 408 g/mol. The molecule has 2 N–H and O–H groups in total. The number of aryl methyl sites for hydroxylation is 1. The summed E-state index contributed by atoms with van der Waals surface area (Å²) in [5, 5.41) is 6.33. The van der Waals surface area contributed by atoms with Crippen molar-refractivity contribution < 1.29 is 14.0 Å². The highest BCUT2D eigenvalue weighted by Crippen LogP contribution is 2.30. The largest absolute Gasteiger partial charge is 0.461 e. The van der Waals surface area contributed by atoms with Crippen molar-refractivity contribution in [2.75, 3.05) is 16.9 Å². The van der Waals surface area contributed by atoms with Crippen molar-refractivity contribution in [1.82, 2.24) is 9.97 Å². The molecule has 29 heavy (non-hydrogen) atoms. The van der Waals surface area contributed by atoms with Crippen molar-refractivity contribution in [3.8, 4) is 11.6 Å². The standard InChI is InChI=1S/C21H20N4O3S/c1-12-17(21(29-2)25-18(22-12)16-4-3-11-28-16)20(27)24-15-9-7-14(8-10-15)23-19(26)13-5-6-13/h3-4,7-11,13H,5-6H2,1-2H3,(H,23,26)(H,24,27). The maximum Gasteiger partial charge on any atom is 0.260 e. The SMILES string of the molecule is CSc1nc(-c2ccco2)nc(C)c1C(=O)Nc1ccc(NC(=O)C2CC2)cc1. The van der Waals surface area contributed by atoms with E-state index in [1.54, 1.807) is 49.6 Å². The van der Waals surface area contributed by atoms with E-state index in [1.807, 2.05) is 6.26 Å². The highest BCUT2D eigenvalue weighted by Gasteiger charge is 2.29. The minimum atomic E-state index is -0.285. The van der Waals surface area contributed by atoms with Gasteiger partial charge in [0.15, 0.2) is 11.6 Å². The number of rotatable bonds is 6. The first-order valence-electron chi connectivity index (χ1n) is 9.24. The molecule has 1 saturated carbocycles. The van der Waals surface area contributed by atoms with E-state index < -0.39 is 0 Å². The fraction of sp³-hybridized carbons (Fsp3) is 0.238. The van der Waals surface area contributed by atoms with Crippen LogP contribution in [0.5, 0.6) is 0 Å². The molecule has 1 aliphatic rings. The van der Waals surface area contributed by atoms with Crippen LogP contribution in [0.2, 0.25) is 0 Å². The van der Waals surface area contributed by atoms with Crippen molar-refractivity contribution in [1.29, 1.82) is 0 Å². The molecular formula is C21H20N4O3S. The molecule has 8 heteroatoms. The van der Waals surface area contributed by atoms with E-state index in [0.717, 1.165) is 12.8 Å². The molecule has 0 spiro atoms. The van der Waals surface area contributed by atoms with Crippen LogP contribution in [0.1, 0.15) is 28.9 Å². The van der Waals surface area contributed by atoms with Gasteiger partial charge in [0.1, 0.15) is 5.03 Å². The van der Waals surface area contributed by atoms with Gasteiger partial charge in [0, 0.05) is 17.3 Å². The van der Waals surface area contributed by atoms with Gasteiger partial charge in [0.2, 0.25) is 5.91 Å². The minimum Gasteiger partial charge on any atom is -0.461 e. The quantitative estimate of drug-likeness (QED) is 0.464. The first kappa shape index (κ1) is 19.2. The summed E-state index contributed by atoms with van der Waals surface area (Å²) in [5.41, 5.74) is 2.34. The lowest BCUT2D eigenvalue weighted by atomic mass is 10.2. The second-order valence-corrected chi connectivity index (χ2v) is 7.58. The van der Waals surface area contributed by atoms with Gasteiger partial charge in [0.25, 0.3) is 5.91 Å². The number of carbonyl (C=O) groups is 2. The van der Waals surface area contributed by atoms with Gasteiger partial charge in [-0.05, 0) is 62.4 Å². The molecule has 0 radical (unpaired) electrons. The Kier molecular flexibility index (Phi) is 5.35. The van der Waals surface area contributed by atoms with E-state index in [-0.39, 0.29) is 17.7 Å². The molecule has 0 aliphatic heterocycles. The Balaban J connectivity index is 1.51. The van der Waals surface area contributed by atoms with Gasteiger partial charge < -0.3 is 15.1 Å². The Morgan fingerprint density at radius 3 is 2.34 bits per heavy atom. The number of anilines is 2. The molecule has 1 aliphatic carbocycles. The summed E-state index contributed by atoms with van der Waals surface area (Å²) in [7, 11) is 0. The fourth-order valence-electron chi connectivity index (χ4n) is 2.89. The van der Waals surface area contributed by atoms with Gasteiger partial charge in [-0.1, -0.05) is 0 Å². The maximum atomic E-state index is 12.9. The van der Waals surface area contributed by atoms with Crippen molar-refractivity contribution in [3.63, 3.8) is 0 Å². The molecule has 1 fully saturated rings. The predicted octanol–water partition coefficient (Wildman–Crippen LogP) is 4.37. The second kappa shape index (κ2) is 8.08. The van der Waals surface area contributed by atoms with Crippen molar-refractivity contribution in [2.24, 2.45) is 5.92 Å². The number of nitrogens with zero attached hydrogens (tertiary/aromatic N) is 2. The Morgan fingerprint density at radius 1 is 1.07 bits per heavy atom. The Hall–Kier alpha value is -3.13. The number of amides is 2. The van der Waals surface area contributed by atoms with Crippen molar-refractivity contribution >= 4 is 35.0 Å². The van der Waals surface area contributed by atoms with Crippen LogP contribution in [-0.4, -0.2) is 28.0 Å². The number of hydrogen-bond acceptors (Lipinski definition) is 6. The van der Waals surface area contributed by atoms with Crippen molar-refractivity contribution in [2.45, 2.75) is 24.8 Å². The zero-order valence-corrected chi connectivity index (χ0v) is 16.9. The molecule has 0 atom stereocenters. The van der Waals surface area contributed by atoms with E-state index in [2.05, 4.69) is 20.6 Å². The number of aromatic nitrogens is 2. The molecule has 0 bridgehead atoms. The summed E-state index contributed by atoms with van der Waals surface area (Å²) >= 11 is 1.38. The molecule has 2 heterocycles. The average Bonchev–Trinajstić information content (AvgIpc) is 3.43. The van der Waals surface area contributed by atoms with E-state index in [4.69, 9.17) is 4.42 Å². The van der Waals surface area contributed by atoms with Crippen LogP contribution < -0.4 is 10.6 Å². The highest BCUT2D eigenvalue weighted by molar-refractivity contribution is 7.98. The van der Waals surface area contributed by atoms with E-state index in [9.17, 15) is 9.59 Å². The van der Waals surface area contributed by atoms with Crippen LogP contribution in [0, 0.1) is 12.8 Å². The van der Waals surface area contributed by atoms with E-state index >= 15 is 0 Å². The molecule has 3 aromatic rings. The molecule has 1 aromatic carbocycles. The Bertz CT molecular complexity index is 1040. The van der Waals surface area contributed by atoms with Crippen molar-refractivity contribution in [3.05, 3.63) is 53.9 Å². The van der Waals surface area contributed by atoms with Crippen LogP contribution in [0.3, 0.4) is 0 Å². The molecular weight excluding hydrogens is 388 g/mol. The number of carbonyl (C=O) groups excluding carboxylic acids is 2. The second-order valence-electron chi connectivity index (χ2n) is 6.79. The molecule has 4 rings (SSSR count). The summed E-state index contributed by atoms with van der Waals surface area (Å²) in [6, 6.07) is 10.6. The van der Waals surface area contributed by atoms with Gasteiger partial charge >= 0.3 is 0 Å². The fourth-order valence-corrected chi connectivity index (χ4v) is 3.51. The maximum absolute atomic E-state index is 12.9. The zero-order valence-electron chi connectivity index (χ0n) is 16.1. The third kappa shape index (κ3) is 4.32. The first-order valence-corrected chi connectivity index (χ1v) is 10.5. The minimum absolute atomic E-state index is 0.0517. The normalized spacial score (nSPS) is 13.2. The predicted molar refractivity (Wildman–Crippen MR) is 112 cm³/mol. The topological polar surface area (TPSA) is 97.1 Å². The zero-order chi connectivity index (χ0) is 20.4. The van der Waals surface area contributed by atoms with E-state index in [0.29, 0.717) is 39.2 Å². The van der Waals surface area contributed by atoms with Crippen LogP contribution >= 0.6 is 11.8 Å². The van der Waals surface area contributed by atoms with Crippen LogP contribution in [-0.2, 0) is 4.79 Å². The monoisotopic (exact) mass is 408 g/mol. The Labute approximate surface area is 172 Å².